The zero-order valence-corrected chi connectivity index (χ0v) is 18.6. The van der Waals surface area contributed by atoms with E-state index in [1.165, 1.54) is 36.0 Å². The molecule has 4 nitrogen and oxygen atoms in total. The minimum atomic E-state index is 0. The number of hydrogen-bond acceptors (Lipinski definition) is 4. The van der Waals surface area contributed by atoms with E-state index in [-0.39, 0.29) is 12.4 Å². The largest absolute Gasteiger partial charge is 0.508 e. The van der Waals surface area contributed by atoms with Gasteiger partial charge >= 0.3 is 0 Å². The Balaban J connectivity index is 0.00000300. The van der Waals surface area contributed by atoms with Crippen molar-refractivity contribution in [1.29, 1.82) is 0 Å². The molecule has 2 aromatic rings. The molecule has 0 bridgehead atoms. The summed E-state index contributed by atoms with van der Waals surface area (Å²) in [4.78, 5) is 2.40. The minimum Gasteiger partial charge on any atom is -0.508 e. The van der Waals surface area contributed by atoms with Crippen LogP contribution in [-0.2, 0) is 19.3 Å². The number of methoxy groups -OCH3 is 2. The average molecular weight is 420 g/mol. The number of nitrogens with zero attached hydrogens (tertiary/aromatic N) is 1. The van der Waals surface area contributed by atoms with Crippen LogP contribution in [-0.4, -0.2) is 44.4 Å². The maximum Gasteiger partial charge on any atom is 0.161 e. The second-order valence-corrected chi connectivity index (χ2v) is 7.95. The summed E-state index contributed by atoms with van der Waals surface area (Å²) in [7, 11) is 5.60. The zero-order chi connectivity index (χ0) is 19.9. The Labute approximate surface area is 181 Å². The lowest BCUT2D eigenvalue weighted by Gasteiger charge is -2.26. The third-order valence-corrected chi connectivity index (χ3v) is 5.88. The van der Waals surface area contributed by atoms with E-state index in [1.54, 1.807) is 20.3 Å². The monoisotopic (exact) mass is 419 g/mol. The van der Waals surface area contributed by atoms with E-state index in [0.717, 1.165) is 49.8 Å². The van der Waals surface area contributed by atoms with E-state index >= 15 is 0 Å². The second-order valence-electron chi connectivity index (χ2n) is 7.95. The summed E-state index contributed by atoms with van der Waals surface area (Å²) < 4.78 is 10.9. The zero-order valence-electron chi connectivity index (χ0n) is 17.8. The molecule has 29 heavy (non-hydrogen) atoms. The Hall–Kier alpha value is -1.91. The molecule has 2 aromatic carbocycles. The van der Waals surface area contributed by atoms with Crippen LogP contribution in [0.2, 0.25) is 0 Å². The number of phenols is 1. The summed E-state index contributed by atoms with van der Waals surface area (Å²) >= 11 is 0. The fraction of sp³-hybridized carbons (Fsp3) is 0.500. The lowest BCUT2D eigenvalue weighted by molar-refractivity contribution is 0.307. The second kappa shape index (κ2) is 11.3. The van der Waals surface area contributed by atoms with Gasteiger partial charge in [-0.3, -0.25) is 0 Å². The van der Waals surface area contributed by atoms with Crippen molar-refractivity contribution >= 4 is 12.4 Å². The highest BCUT2D eigenvalue weighted by molar-refractivity contribution is 5.85. The molecule has 0 amide bonds. The van der Waals surface area contributed by atoms with Crippen LogP contribution in [0.5, 0.6) is 17.2 Å². The Morgan fingerprint density at radius 3 is 2.45 bits per heavy atom. The van der Waals surface area contributed by atoms with E-state index in [9.17, 15) is 5.11 Å². The molecule has 0 radical (unpaired) electrons. The summed E-state index contributed by atoms with van der Waals surface area (Å²) in [5, 5.41) is 9.57. The Morgan fingerprint density at radius 2 is 1.76 bits per heavy atom. The summed E-state index contributed by atoms with van der Waals surface area (Å²) in [5.41, 5.74) is 4.03. The fourth-order valence-corrected chi connectivity index (χ4v) is 4.20. The number of rotatable bonds is 9. The number of fused-ring (bicyclic) bond motifs is 1. The van der Waals surface area contributed by atoms with Gasteiger partial charge in [0.2, 0.25) is 0 Å². The van der Waals surface area contributed by atoms with Crippen molar-refractivity contribution < 1.29 is 14.6 Å². The van der Waals surface area contributed by atoms with E-state index in [0.29, 0.717) is 5.75 Å². The molecule has 1 aliphatic carbocycles. The highest BCUT2D eigenvalue weighted by Gasteiger charge is 2.21. The molecule has 0 saturated carbocycles. The Morgan fingerprint density at radius 1 is 1.03 bits per heavy atom. The quantitative estimate of drug-likeness (QED) is 0.628. The normalized spacial score (nSPS) is 15.5. The molecule has 1 unspecified atom stereocenters. The van der Waals surface area contributed by atoms with Crippen molar-refractivity contribution in [2.75, 3.05) is 34.4 Å². The first-order valence-corrected chi connectivity index (χ1v) is 10.3. The van der Waals surface area contributed by atoms with E-state index in [2.05, 4.69) is 30.1 Å². The number of hydrogen-bond donors (Lipinski definition) is 1. The molecule has 160 valence electrons. The standard InChI is InChI=1S/C24H33NO3.ClH/c1-25(13-11-19-6-4-8-22(26)15-19)12-5-7-18-9-10-20-16-23(27-2)24(28-3)17-21(20)14-18;/h4,6,8,15-18,26H,5,7,9-14H2,1-3H3;1H. The summed E-state index contributed by atoms with van der Waals surface area (Å²) in [5.74, 6) is 2.79. The van der Waals surface area contributed by atoms with Gasteiger partial charge in [-0.2, -0.15) is 0 Å². The van der Waals surface area contributed by atoms with Crippen LogP contribution in [0.15, 0.2) is 36.4 Å². The predicted molar refractivity (Wildman–Crippen MR) is 121 cm³/mol. The summed E-state index contributed by atoms with van der Waals surface area (Å²) in [6.07, 6.45) is 7.00. The third-order valence-electron chi connectivity index (χ3n) is 5.88. The first-order chi connectivity index (χ1) is 13.6. The molecule has 0 aromatic heterocycles. The first-order valence-electron chi connectivity index (χ1n) is 10.3. The molecular formula is C24H34ClNO3. The van der Waals surface area contributed by atoms with Gasteiger partial charge in [0.25, 0.3) is 0 Å². The minimum absolute atomic E-state index is 0. The van der Waals surface area contributed by atoms with Crippen LogP contribution in [0, 0.1) is 5.92 Å². The number of benzene rings is 2. The van der Waals surface area contributed by atoms with Crippen molar-refractivity contribution in [2.24, 2.45) is 5.92 Å². The predicted octanol–water partition coefficient (Wildman–Crippen LogP) is 4.89. The molecule has 1 N–H and O–H groups in total. The topological polar surface area (TPSA) is 41.9 Å². The molecule has 0 fully saturated rings. The SMILES string of the molecule is COc1cc2c(cc1OC)CC(CCCN(C)CCc1cccc(O)c1)CC2.Cl. The highest BCUT2D eigenvalue weighted by atomic mass is 35.5. The van der Waals surface area contributed by atoms with Crippen LogP contribution >= 0.6 is 12.4 Å². The average Bonchev–Trinajstić information content (AvgIpc) is 2.71. The van der Waals surface area contributed by atoms with E-state index in [4.69, 9.17) is 9.47 Å². The van der Waals surface area contributed by atoms with Crippen molar-refractivity contribution in [1.82, 2.24) is 4.90 Å². The van der Waals surface area contributed by atoms with Crippen LogP contribution in [0.1, 0.15) is 36.0 Å². The van der Waals surface area contributed by atoms with Crippen molar-refractivity contribution in [3.05, 3.63) is 53.1 Å². The molecule has 1 atom stereocenters. The molecule has 5 heteroatoms. The van der Waals surface area contributed by atoms with Gasteiger partial charge in [-0.25, -0.2) is 0 Å². The van der Waals surface area contributed by atoms with Crippen LogP contribution in [0.3, 0.4) is 0 Å². The van der Waals surface area contributed by atoms with Gasteiger partial charge in [0.05, 0.1) is 14.2 Å². The first kappa shape index (κ1) is 23.4. The fourth-order valence-electron chi connectivity index (χ4n) is 4.20. The molecular weight excluding hydrogens is 386 g/mol. The number of likely N-dealkylation sites (N-methyl/N-ethyl adjacent to an activating group) is 1. The molecule has 0 aliphatic heterocycles. The molecule has 0 spiro atoms. The number of aryl methyl sites for hydroxylation is 1. The van der Waals surface area contributed by atoms with Crippen molar-refractivity contribution in [3.8, 4) is 17.2 Å². The Kier molecular flexibility index (Phi) is 9.12. The molecule has 0 saturated heterocycles. The van der Waals surface area contributed by atoms with Gasteiger partial charge in [-0.15, -0.1) is 12.4 Å². The van der Waals surface area contributed by atoms with E-state index in [1.807, 2.05) is 12.1 Å². The highest BCUT2D eigenvalue weighted by Crippen LogP contribution is 2.36. The number of phenolic OH excluding ortho intramolecular Hbond substituents is 1. The Bertz CT molecular complexity index is 781. The molecule has 1 aliphatic rings. The van der Waals surface area contributed by atoms with E-state index < -0.39 is 0 Å². The number of aromatic hydroxyl groups is 1. The third kappa shape index (κ3) is 6.55. The lowest BCUT2D eigenvalue weighted by atomic mass is 9.81. The number of halogens is 1. The maximum absolute atomic E-state index is 9.57. The van der Waals surface area contributed by atoms with Gasteiger partial charge in [0, 0.05) is 6.54 Å². The van der Waals surface area contributed by atoms with Crippen LogP contribution in [0.4, 0.5) is 0 Å². The van der Waals surface area contributed by atoms with Gasteiger partial charge in [-0.1, -0.05) is 12.1 Å². The van der Waals surface area contributed by atoms with Gasteiger partial charge in [-0.05, 0) is 99.0 Å². The van der Waals surface area contributed by atoms with Gasteiger partial charge < -0.3 is 19.5 Å². The summed E-state index contributed by atoms with van der Waals surface area (Å²) in [6.45, 7) is 2.14. The van der Waals surface area contributed by atoms with Gasteiger partial charge in [0.1, 0.15) is 5.75 Å². The van der Waals surface area contributed by atoms with Gasteiger partial charge in [0.15, 0.2) is 11.5 Å². The van der Waals surface area contributed by atoms with Crippen molar-refractivity contribution in [2.45, 2.75) is 38.5 Å². The lowest BCUT2D eigenvalue weighted by Crippen LogP contribution is -2.23. The van der Waals surface area contributed by atoms with Crippen LogP contribution in [0.25, 0.3) is 0 Å². The van der Waals surface area contributed by atoms with Crippen molar-refractivity contribution in [3.63, 3.8) is 0 Å². The maximum atomic E-state index is 9.57. The molecule has 3 rings (SSSR count). The van der Waals surface area contributed by atoms with Crippen LogP contribution < -0.4 is 9.47 Å². The smallest absolute Gasteiger partial charge is 0.161 e. The number of ether oxygens (including phenoxy) is 2. The molecule has 0 heterocycles. The summed E-state index contributed by atoms with van der Waals surface area (Å²) in [6, 6.07) is 11.9.